The van der Waals surface area contributed by atoms with Gasteiger partial charge in [0.15, 0.2) is 0 Å². The molecule has 2 heterocycles. The second kappa shape index (κ2) is 7.83. The van der Waals surface area contributed by atoms with E-state index in [1.54, 1.807) is 13.8 Å². The van der Waals surface area contributed by atoms with E-state index < -0.39 is 5.97 Å². The number of aromatic nitrogens is 1. The smallest absolute Gasteiger partial charge is 0.339 e. The van der Waals surface area contributed by atoms with Crippen molar-refractivity contribution in [2.45, 2.75) is 46.6 Å². The van der Waals surface area contributed by atoms with E-state index in [0.29, 0.717) is 41.0 Å². The molecule has 2 N–H and O–H groups in total. The van der Waals surface area contributed by atoms with Crippen LogP contribution in [0, 0.1) is 19.8 Å². The molecule has 1 aromatic rings. The Morgan fingerprint density at radius 2 is 2.08 bits per heavy atom. The van der Waals surface area contributed by atoms with Gasteiger partial charge in [-0.25, -0.2) is 4.79 Å². The van der Waals surface area contributed by atoms with E-state index in [2.05, 4.69) is 29.0 Å². The highest BCUT2D eigenvalue weighted by molar-refractivity contribution is 6.00. The Kier molecular flexibility index (Phi) is 6.04. The Labute approximate surface area is 143 Å². The first-order valence-corrected chi connectivity index (χ1v) is 8.64. The zero-order valence-electron chi connectivity index (χ0n) is 15.4. The number of likely N-dealkylation sites (tertiary alicyclic amines) is 1. The molecule has 0 spiro atoms. The van der Waals surface area contributed by atoms with Crippen LogP contribution in [0.4, 0.5) is 0 Å². The average molecular weight is 335 g/mol. The van der Waals surface area contributed by atoms with E-state index in [1.807, 2.05) is 0 Å². The SMILES string of the molecule is COC(=O)c1c(C)[nH]c(C(=O)NC[C@@H]2CCCN(C(C)C)C2)c1C. The molecule has 1 aliphatic rings. The van der Waals surface area contributed by atoms with Crippen molar-refractivity contribution in [2.75, 3.05) is 26.7 Å². The van der Waals surface area contributed by atoms with Crippen LogP contribution < -0.4 is 5.32 Å². The number of piperidine rings is 1. The normalized spacial score (nSPS) is 18.7. The van der Waals surface area contributed by atoms with E-state index in [-0.39, 0.29) is 5.91 Å². The van der Waals surface area contributed by atoms with Crippen molar-refractivity contribution in [3.05, 3.63) is 22.5 Å². The summed E-state index contributed by atoms with van der Waals surface area (Å²) in [7, 11) is 1.34. The van der Waals surface area contributed by atoms with Crippen LogP contribution in [0.1, 0.15) is 58.8 Å². The fraction of sp³-hybridized carbons (Fsp3) is 0.667. The summed E-state index contributed by atoms with van der Waals surface area (Å²) in [5.41, 5.74) is 2.20. The molecule has 0 radical (unpaired) electrons. The largest absolute Gasteiger partial charge is 0.465 e. The van der Waals surface area contributed by atoms with E-state index >= 15 is 0 Å². The molecule has 2 rings (SSSR count). The molecule has 0 bridgehead atoms. The van der Waals surface area contributed by atoms with Gasteiger partial charge in [-0.05, 0) is 58.6 Å². The van der Waals surface area contributed by atoms with E-state index in [9.17, 15) is 9.59 Å². The maximum atomic E-state index is 12.5. The zero-order valence-corrected chi connectivity index (χ0v) is 15.4. The summed E-state index contributed by atoms with van der Waals surface area (Å²) in [6.07, 6.45) is 2.31. The van der Waals surface area contributed by atoms with Crippen molar-refractivity contribution in [1.29, 1.82) is 0 Å². The first-order valence-electron chi connectivity index (χ1n) is 8.64. The van der Waals surface area contributed by atoms with E-state index in [0.717, 1.165) is 19.5 Å². The van der Waals surface area contributed by atoms with E-state index in [1.165, 1.54) is 13.5 Å². The maximum Gasteiger partial charge on any atom is 0.339 e. The number of H-pyrrole nitrogens is 1. The molecule has 1 atom stereocenters. The molecular formula is C18H29N3O3. The Balaban J connectivity index is 1.99. The average Bonchev–Trinajstić information content (AvgIpc) is 2.87. The van der Waals surface area contributed by atoms with E-state index in [4.69, 9.17) is 4.74 Å². The molecule has 1 saturated heterocycles. The molecule has 24 heavy (non-hydrogen) atoms. The minimum Gasteiger partial charge on any atom is -0.465 e. The fourth-order valence-corrected chi connectivity index (χ4v) is 3.44. The monoisotopic (exact) mass is 335 g/mol. The molecule has 6 heteroatoms. The van der Waals surface area contributed by atoms with Gasteiger partial charge in [0.2, 0.25) is 0 Å². The second-order valence-electron chi connectivity index (χ2n) is 6.92. The van der Waals surface area contributed by atoms with Gasteiger partial charge in [0.25, 0.3) is 5.91 Å². The number of hydrogen-bond acceptors (Lipinski definition) is 4. The number of nitrogens with zero attached hydrogens (tertiary/aromatic N) is 1. The van der Waals surface area contributed by atoms with Crippen LogP contribution in [0.15, 0.2) is 0 Å². The van der Waals surface area contributed by atoms with Crippen LogP contribution in [0.25, 0.3) is 0 Å². The number of carbonyl (C=O) groups is 2. The van der Waals surface area contributed by atoms with Crippen LogP contribution in [0.5, 0.6) is 0 Å². The van der Waals surface area contributed by atoms with Gasteiger partial charge in [0, 0.05) is 24.8 Å². The zero-order chi connectivity index (χ0) is 17.9. The number of ether oxygens (including phenoxy) is 1. The van der Waals surface area contributed by atoms with Crippen molar-refractivity contribution in [3.63, 3.8) is 0 Å². The number of aryl methyl sites for hydroxylation is 1. The third-order valence-corrected chi connectivity index (χ3v) is 4.89. The molecule has 1 amide bonds. The van der Waals surface area contributed by atoms with Crippen molar-refractivity contribution < 1.29 is 14.3 Å². The predicted molar refractivity (Wildman–Crippen MR) is 93.4 cm³/mol. The van der Waals surface area contributed by atoms with Gasteiger partial charge < -0.3 is 19.9 Å². The number of esters is 1. The summed E-state index contributed by atoms with van der Waals surface area (Å²) >= 11 is 0. The van der Waals surface area contributed by atoms with Gasteiger partial charge in [-0.15, -0.1) is 0 Å². The molecular weight excluding hydrogens is 306 g/mol. The predicted octanol–water partition coefficient (Wildman–Crippen LogP) is 2.27. The minimum absolute atomic E-state index is 0.160. The summed E-state index contributed by atoms with van der Waals surface area (Å²) in [6, 6.07) is 0.541. The number of rotatable bonds is 5. The molecule has 1 aromatic heterocycles. The van der Waals surface area contributed by atoms with Crippen molar-refractivity contribution in [3.8, 4) is 0 Å². The summed E-state index contributed by atoms with van der Waals surface area (Å²) in [5.74, 6) is -0.103. The molecule has 0 aliphatic carbocycles. The minimum atomic E-state index is -0.417. The highest BCUT2D eigenvalue weighted by Crippen LogP contribution is 2.20. The van der Waals surface area contributed by atoms with Crippen LogP contribution in [-0.4, -0.2) is 54.5 Å². The van der Waals surface area contributed by atoms with Gasteiger partial charge in [0.05, 0.1) is 12.7 Å². The van der Waals surface area contributed by atoms with Crippen LogP contribution in [0.3, 0.4) is 0 Å². The Morgan fingerprint density at radius 3 is 2.71 bits per heavy atom. The molecule has 0 aromatic carbocycles. The lowest BCUT2D eigenvalue weighted by atomic mass is 9.97. The number of aromatic amines is 1. The third-order valence-electron chi connectivity index (χ3n) is 4.89. The van der Waals surface area contributed by atoms with Gasteiger partial charge in [-0.2, -0.15) is 0 Å². The Morgan fingerprint density at radius 1 is 1.38 bits per heavy atom. The first kappa shape index (κ1) is 18.5. The number of amides is 1. The summed E-state index contributed by atoms with van der Waals surface area (Å²) in [6.45, 7) is 10.8. The summed E-state index contributed by atoms with van der Waals surface area (Å²) < 4.78 is 4.78. The summed E-state index contributed by atoms with van der Waals surface area (Å²) in [4.78, 5) is 29.8. The number of hydrogen-bond donors (Lipinski definition) is 2. The van der Waals surface area contributed by atoms with Crippen LogP contribution in [-0.2, 0) is 4.74 Å². The maximum absolute atomic E-state index is 12.5. The highest BCUT2D eigenvalue weighted by Gasteiger charge is 2.25. The van der Waals surface area contributed by atoms with Crippen molar-refractivity contribution in [1.82, 2.24) is 15.2 Å². The molecule has 0 unspecified atom stereocenters. The number of carbonyl (C=O) groups excluding carboxylic acids is 2. The third kappa shape index (κ3) is 3.98. The molecule has 1 aliphatic heterocycles. The van der Waals surface area contributed by atoms with Gasteiger partial charge >= 0.3 is 5.97 Å². The number of nitrogens with one attached hydrogen (secondary N) is 2. The number of methoxy groups -OCH3 is 1. The Bertz CT molecular complexity index is 607. The second-order valence-corrected chi connectivity index (χ2v) is 6.92. The summed E-state index contributed by atoms with van der Waals surface area (Å²) in [5, 5.41) is 3.02. The van der Waals surface area contributed by atoms with Crippen LogP contribution >= 0.6 is 0 Å². The standard InChI is InChI=1S/C18H29N3O3/c1-11(2)21-8-6-7-14(10-21)9-19-17(22)16-12(3)15(13(4)20-16)18(23)24-5/h11,14,20H,6-10H2,1-5H3,(H,19,22)/t14-/m0/s1. The Hall–Kier alpha value is -1.82. The fourth-order valence-electron chi connectivity index (χ4n) is 3.44. The van der Waals surface area contributed by atoms with Crippen LogP contribution in [0.2, 0.25) is 0 Å². The lowest BCUT2D eigenvalue weighted by molar-refractivity contribution is 0.0599. The lowest BCUT2D eigenvalue weighted by Crippen LogP contribution is -2.43. The first-order chi connectivity index (χ1) is 11.3. The van der Waals surface area contributed by atoms with Crippen molar-refractivity contribution >= 4 is 11.9 Å². The quantitative estimate of drug-likeness (QED) is 0.810. The van der Waals surface area contributed by atoms with Gasteiger partial charge in [0.1, 0.15) is 5.69 Å². The molecule has 0 saturated carbocycles. The molecule has 1 fully saturated rings. The van der Waals surface area contributed by atoms with Gasteiger partial charge in [-0.1, -0.05) is 0 Å². The molecule has 6 nitrogen and oxygen atoms in total. The lowest BCUT2D eigenvalue weighted by Gasteiger charge is -2.35. The topological polar surface area (TPSA) is 74.4 Å². The van der Waals surface area contributed by atoms with Gasteiger partial charge in [-0.3, -0.25) is 4.79 Å². The molecule has 134 valence electrons. The van der Waals surface area contributed by atoms with Crippen molar-refractivity contribution in [2.24, 2.45) is 5.92 Å². The highest BCUT2D eigenvalue weighted by atomic mass is 16.5.